The summed E-state index contributed by atoms with van der Waals surface area (Å²) in [5, 5.41) is 9.17. The van der Waals surface area contributed by atoms with E-state index < -0.39 is 5.97 Å². The molecule has 0 saturated heterocycles. The minimum Gasteiger partial charge on any atom is -0.478 e. The van der Waals surface area contributed by atoms with E-state index >= 15 is 0 Å². The average Bonchev–Trinajstić information content (AvgIpc) is 3.17. The Balaban J connectivity index is 1.78. The Hall–Kier alpha value is -2.21. The third-order valence-electron chi connectivity index (χ3n) is 3.38. The van der Waals surface area contributed by atoms with Crippen LogP contribution in [0.3, 0.4) is 0 Å². The molecule has 1 aliphatic rings. The Bertz CT molecular complexity index is 593. The van der Waals surface area contributed by atoms with Crippen LogP contribution in [0.4, 0.5) is 0 Å². The Morgan fingerprint density at radius 1 is 1.45 bits per heavy atom. The lowest BCUT2D eigenvalue weighted by Crippen LogP contribution is -2.26. The van der Waals surface area contributed by atoms with Crippen LogP contribution in [-0.2, 0) is 13.1 Å². The van der Waals surface area contributed by atoms with Crippen molar-refractivity contribution >= 4 is 5.97 Å². The highest BCUT2D eigenvalue weighted by molar-refractivity contribution is 5.88. The molecule has 0 aromatic carbocycles. The summed E-state index contributed by atoms with van der Waals surface area (Å²) in [4.78, 5) is 21.3. The van der Waals surface area contributed by atoms with Crippen LogP contribution in [0.1, 0.15) is 34.7 Å². The van der Waals surface area contributed by atoms with Crippen molar-refractivity contribution in [2.24, 2.45) is 0 Å². The predicted octanol–water partition coefficient (Wildman–Crippen LogP) is 1.93. The summed E-state index contributed by atoms with van der Waals surface area (Å²) in [6.07, 6.45) is 6.65. The van der Waals surface area contributed by atoms with Crippen molar-refractivity contribution in [1.82, 2.24) is 14.9 Å². The molecule has 0 radical (unpaired) electrons. The topological polar surface area (TPSA) is 79.5 Å². The molecule has 6 nitrogen and oxygen atoms in total. The van der Waals surface area contributed by atoms with Crippen LogP contribution in [0.25, 0.3) is 0 Å². The van der Waals surface area contributed by atoms with Crippen LogP contribution in [-0.4, -0.2) is 32.0 Å². The normalized spacial score (nSPS) is 14.7. The van der Waals surface area contributed by atoms with Crippen LogP contribution in [0.2, 0.25) is 0 Å². The van der Waals surface area contributed by atoms with Gasteiger partial charge in [0, 0.05) is 18.8 Å². The first-order valence-electron chi connectivity index (χ1n) is 6.52. The van der Waals surface area contributed by atoms with E-state index in [9.17, 15) is 9.90 Å². The van der Waals surface area contributed by atoms with Gasteiger partial charge in [-0.1, -0.05) is 0 Å². The fourth-order valence-corrected chi connectivity index (χ4v) is 2.21. The van der Waals surface area contributed by atoms with E-state index in [1.54, 1.807) is 6.26 Å². The summed E-state index contributed by atoms with van der Waals surface area (Å²) in [6, 6.07) is 4.26. The molecular weight excluding hydrogens is 258 g/mol. The Kier molecular flexibility index (Phi) is 3.47. The van der Waals surface area contributed by atoms with Crippen LogP contribution in [0.5, 0.6) is 0 Å². The minimum absolute atomic E-state index is 0.164. The van der Waals surface area contributed by atoms with Crippen molar-refractivity contribution in [1.29, 1.82) is 0 Å². The van der Waals surface area contributed by atoms with Gasteiger partial charge in [0.05, 0.1) is 18.5 Å². The number of hydrogen-bond donors (Lipinski definition) is 1. The highest BCUT2D eigenvalue weighted by Crippen LogP contribution is 2.30. The highest BCUT2D eigenvalue weighted by atomic mass is 16.4. The van der Waals surface area contributed by atoms with Gasteiger partial charge in [-0.15, -0.1) is 0 Å². The molecule has 0 atom stereocenters. The molecule has 104 valence electrons. The molecule has 3 rings (SSSR count). The molecule has 1 saturated carbocycles. The predicted molar refractivity (Wildman–Crippen MR) is 70.0 cm³/mol. The second kappa shape index (κ2) is 5.42. The first kappa shape index (κ1) is 12.8. The number of carbonyl (C=O) groups is 1. The van der Waals surface area contributed by atoms with Gasteiger partial charge in [-0.25, -0.2) is 14.8 Å². The minimum atomic E-state index is -0.991. The summed E-state index contributed by atoms with van der Waals surface area (Å²) in [5.41, 5.74) is 0.712. The number of carboxylic acid groups (broad SMARTS) is 1. The summed E-state index contributed by atoms with van der Waals surface area (Å²) < 4.78 is 5.37. The van der Waals surface area contributed by atoms with Crippen molar-refractivity contribution < 1.29 is 14.3 Å². The Morgan fingerprint density at radius 3 is 2.95 bits per heavy atom. The molecule has 2 heterocycles. The van der Waals surface area contributed by atoms with Gasteiger partial charge in [0.1, 0.15) is 17.7 Å². The maximum atomic E-state index is 11.2. The second-order valence-corrected chi connectivity index (χ2v) is 4.90. The monoisotopic (exact) mass is 273 g/mol. The molecular formula is C14H15N3O3. The summed E-state index contributed by atoms with van der Waals surface area (Å²) in [5.74, 6) is -0.114. The average molecular weight is 273 g/mol. The standard InChI is InChI=1S/C14H15N3O3/c18-14(19)12-6-15-9-16-13(12)8-17(10-3-4-10)7-11-2-1-5-20-11/h1-2,5-6,9-10H,3-4,7-8H2,(H,18,19). The Morgan fingerprint density at radius 2 is 2.30 bits per heavy atom. The zero-order chi connectivity index (χ0) is 13.9. The molecule has 0 unspecified atom stereocenters. The lowest BCUT2D eigenvalue weighted by molar-refractivity contribution is 0.0692. The number of nitrogens with zero attached hydrogens (tertiary/aromatic N) is 3. The largest absolute Gasteiger partial charge is 0.478 e. The van der Waals surface area contributed by atoms with E-state index in [-0.39, 0.29) is 5.56 Å². The van der Waals surface area contributed by atoms with Gasteiger partial charge in [0.15, 0.2) is 0 Å². The summed E-state index contributed by atoms with van der Waals surface area (Å²) >= 11 is 0. The van der Waals surface area contributed by atoms with Crippen LogP contribution in [0.15, 0.2) is 35.3 Å². The number of aromatic carboxylic acids is 1. The molecule has 0 spiro atoms. The van der Waals surface area contributed by atoms with Gasteiger partial charge in [0.25, 0.3) is 0 Å². The lowest BCUT2D eigenvalue weighted by atomic mass is 10.2. The first-order chi connectivity index (χ1) is 9.74. The summed E-state index contributed by atoms with van der Waals surface area (Å²) in [6.45, 7) is 1.16. The molecule has 0 amide bonds. The van der Waals surface area contributed by atoms with E-state index in [2.05, 4.69) is 14.9 Å². The lowest BCUT2D eigenvalue weighted by Gasteiger charge is -2.20. The smallest absolute Gasteiger partial charge is 0.339 e. The van der Waals surface area contributed by atoms with Gasteiger partial charge >= 0.3 is 5.97 Å². The third-order valence-corrected chi connectivity index (χ3v) is 3.38. The zero-order valence-electron chi connectivity index (χ0n) is 10.9. The van der Waals surface area contributed by atoms with Gasteiger partial charge in [0.2, 0.25) is 0 Å². The number of aromatic nitrogens is 2. The molecule has 2 aromatic heterocycles. The van der Waals surface area contributed by atoms with Crippen LogP contribution in [0, 0.1) is 0 Å². The van der Waals surface area contributed by atoms with E-state index in [0.717, 1.165) is 18.6 Å². The molecule has 20 heavy (non-hydrogen) atoms. The van der Waals surface area contributed by atoms with Crippen LogP contribution >= 0.6 is 0 Å². The SMILES string of the molecule is O=C(O)c1cncnc1CN(Cc1ccco1)C1CC1. The number of furan rings is 1. The van der Waals surface area contributed by atoms with E-state index in [1.807, 2.05) is 12.1 Å². The van der Waals surface area contributed by atoms with Crippen molar-refractivity contribution in [2.75, 3.05) is 0 Å². The van der Waals surface area contributed by atoms with E-state index in [1.165, 1.54) is 12.5 Å². The zero-order valence-corrected chi connectivity index (χ0v) is 10.9. The van der Waals surface area contributed by atoms with Crippen molar-refractivity contribution in [3.63, 3.8) is 0 Å². The molecule has 1 fully saturated rings. The van der Waals surface area contributed by atoms with Gasteiger partial charge in [-0.2, -0.15) is 0 Å². The maximum absolute atomic E-state index is 11.2. The van der Waals surface area contributed by atoms with Crippen molar-refractivity contribution in [3.8, 4) is 0 Å². The van der Waals surface area contributed by atoms with Gasteiger partial charge < -0.3 is 9.52 Å². The van der Waals surface area contributed by atoms with Gasteiger partial charge in [-0.05, 0) is 25.0 Å². The van der Waals surface area contributed by atoms with E-state index in [0.29, 0.717) is 24.8 Å². The molecule has 1 aliphatic carbocycles. The Labute approximate surface area is 116 Å². The quantitative estimate of drug-likeness (QED) is 0.866. The van der Waals surface area contributed by atoms with Gasteiger partial charge in [-0.3, -0.25) is 4.90 Å². The van der Waals surface area contributed by atoms with Crippen LogP contribution < -0.4 is 0 Å². The number of rotatable bonds is 6. The molecule has 1 N–H and O–H groups in total. The second-order valence-electron chi connectivity index (χ2n) is 4.90. The van der Waals surface area contributed by atoms with Crippen molar-refractivity contribution in [2.45, 2.75) is 32.0 Å². The molecule has 2 aromatic rings. The fourth-order valence-electron chi connectivity index (χ4n) is 2.21. The van der Waals surface area contributed by atoms with Crippen molar-refractivity contribution in [3.05, 3.63) is 47.9 Å². The molecule has 0 aliphatic heterocycles. The number of hydrogen-bond acceptors (Lipinski definition) is 5. The highest BCUT2D eigenvalue weighted by Gasteiger charge is 2.30. The number of carboxylic acids is 1. The summed E-state index contributed by atoms with van der Waals surface area (Å²) in [7, 11) is 0. The third kappa shape index (κ3) is 2.85. The molecule has 6 heteroatoms. The fraction of sp³-hybridized carbons (Fsp3) is 0.357. The first-order valence-corrected chi connectivity index (χ1v) is 6.52. The van der Waals surface area contributed by atoms with E-state index in [4.69, 9.17) is 4.42 Å². The maximum Gasteiger partial charge on any atom is 0.339 e. The molecule has 0 bridgehead atoms.